The fourth-order valence-corrected chi connectivity index (χ4v) is 9.65. The number of nitrogens with zero attached hydrogens (tertiary/aromatic N) is 6. The predicted molar refractivity (Wildman–Crippen MR) is 202 cm³/mol. The molecule has 2 aromatic heterocycles. The van der Waals surface area contributed by atoms with E-state index in [1.54, 1.807) is 30.9 Å². The molecule has 6 aliphatic rings. The van der Waals surface area contributed by atoms with Crippen molar-refractivity contribution in [1.29, 1.82) is 0 Å². The number of fused-ring (bicyclic) bond motifs is 1. The van der Waals surface area contributed by atoms with Gasteiger partial charge in [0.25, 0.3) is 5.91 Å². The van der Waals surface area contributed by atoms with Crippen molar-refractivity contribution in [3.8, 4) is 0 Å². The number of carbonyl (C=O) groups excluding carboxylic acids is 4. The molecule has 3 N–H and O–H groups in total. The molecular formula is C41H41F5N8O5. The van der Waals surface area contributed by atoms with Crippen LogP contribution < -0.4 is 15.5 Å². The Morgan fingerprint density at radius 3 is 2.25 bits per heavy atom. The number of aliphatic hydroxyl groups is 1. The van der Waals surface area contributed by atoms with Crippen LogP contribution in [-0.2, 0) is 31.7 Å². The zero-order chi connectivity index (χ0) is 41.8. The molecule has 6 fully saturated rings. The van der Waals surface area contributed by atoms with E-state index in [0.717, 1.165) is 31.4 Å². The van der Waals surface area contributed by atoms with Crippen LogP contribution in [0.3, 0.4) is 0 Å². The summed E-state index contributed by atoms with van der Waals surface area (Å²) in [7, 11) is 0. The minimum absolute atomic E-state index is 0.00436. The molecule has 10 rings (SSSR count). The van der Waals surface area contributed by atoms with E-state index in [1.165, 1.54) is 18.2 Å². The summed E-state index contributed by atoms with van der Waals surface area (Å²) in [5.74, 6) is -5.13. The summed E-state index contributed by atoms with van der Waals surface area (Å²) in [6.45, 7) is 6.25. The average Bonchev–Trinajstić information content (AvgIpc) is 3.52. The van der Waals surface area contributed by atoms with Crippen molar-refractivity contribution in [2.45, 2.75) is 74.7 Å². The van der Waals surface area contributed by atoms with Gasteiger partial charge in [0.15, 0.2) is 0 Å². The number of anilines is 2. The molecular weight excluding hydrogens is 779 g/mol. The Balaban J connectivity index is 0.801. The maximum absolute atomic E-state index is 15.1. The van der Waals surface area contributed by atoms with Gasteiger partial charge in [-0.3, -0.25) is 34.1 Å². The highest BCUT2D eigenvalue weighted by atomic mass is 19.4. The van der Waals surface area contributed by atoms with Crippen LogP contribution in [0, 0.1) is 17.6 Å². The molecule has 3 aliphatic carbocycles. The first kappa shape index (κ1) is 39.0. The molecule has 2 bridgehead atoms. The first-order valence-corrected chi connectivity index (χ1v) is 19.6. The highest BCUT2D eigenvalue weighted by Crippen LogP contribution is 2.68. The molecule has 13 nitrogen and oxygen atoms in total. The van der Waals surface area contributed by atoms with Gasteiger partial charge in [0.05, 0.1) is 28.5 Å². The molecule has 59 heavy (non-hydrogen) atoms. The van der Waals surface area contributed by atoms with Crippen molar-refractivity contribution in [1.82, 2.24) is 29.9 Å². The van der Waals surface area contributed by atoms with E-state index in [9.17, 15) is 37.5 Å². The number of halogens is 5. The van der Waals surface area contributed by atoms with Crippen LogP contribution in [-0.4, -0.2) is 98.1 Å². The Hall–Kier alpha value is -5.49. The van der Waals surface area contributed by atoms with Crippen LogP contribution in [0.15, 0.2) is 48.7 Å². The Morgan fingerprint density at radius 1 is 0.949 bits per heavy atom. The molecule has 3 aliphatic heterocycles. The van der Waals surface area contributed by atoms with Crippen LogP contribution in [0.4, 0.5) is 33.3 Å². The van der Waals surface area contributed by atoms with Gasteiger partial charge in [0.2, 0.25) is 17.7 Å². The predicted octanol–water partition coefficient (Wildman–Crippen LogP) is 4.64. The molecule has 0 radical (unpaired) electrons. The number of rotatable bonds is 8. The topological polar surface area (TPSA) is 153 Å². The first-order valence-electron chi connectivity index (χ1n) is 19.6. The Kier molecular flexibility index (Phi) is 8.94. The van der Waals surface area contributed by atoms with E-state index in [4.69, 9.17) is 5.10 Å². The monoisotopic (exact) mass is 820 g/mol. The van der Waals surface area contributed by atoms with Gasteiger partial charge in [-0.25, -0.2) is 13.8 Å². The third kappa shape index (κ3) is 6.69. The first-order chi connectivity index (χ1) is 27.8. The number of carbonyl (C=O) groups is 4. The maximum atomic E-state index is 15.1. The zero-order valence-electron chi connectivity index (χ0n) is 32.2. The lowest BCUT2D eigenvalue weighted by Gasteiger charge is -2.74. The Morgan fingerprint density at radius 2 is 1.63 bits per heavy atom. The normalized spacial score (nSPS) is 25.0. The number of hydrogen-bond acceptors (Lipinski definition) is 9. The number of aromatic nitrogens is 3. The maximum Gasteiger partial charge on any atom is 0.433 e. The highest BCUT2D eigenvalue weighted by molar-refractivity contribution is 6.04. The van der Waals surface area contributed by atoms with Crippen molar-refractivity contribution in [3.63, 3.8) is 0 Å². The van der Waals surface area contributed by atoms with Gasteiger partial charge >= 0.3 is 6.18 Å². The summed E-state index contributed by atoms with van der Waals surface area (Å²) in [5.41, 5.74) is -2.13. The molecule has 18 heteroatoms. The fraction of sp³-hybridized carbons (Fsp3) is 0.463. The van der Waals surface area contributed by atoms with E-state index < -0.39 is 58.4 Å². The summed E-state index contributed by atoms with van der Waals surface area (Å²) in [6, 6.07) is 8.78. The van der Waals surface area contributed by atoms with Crippen molar-refractivity contribution >= 4 is 45.9 Å². The van der Waals surface area contributed by atoms with Crippen LogP contribution in [0.5, 0.6) is 0 Å². The van der Waals surface area contributed by atoms with Gasteiger partial charge in [0.1, 0.15) is 23.0 Å². The van der Waals surface area contributed by atoms with Crippen molar-refractivity contribution in [2.24, 2.45) is 5.92 Å². The van der Waals surface area contributed by atoms with E-state index in [0.29, 0.717) is 61.4 Å². The number of piperidine rings is 1. The Labute approximate surface area is 334 Å². The lowest BCUT2D eigenvalue weighted by molar-refractivity contribution is -0.218. The second-order valence-electron chi connectivity index (χ2n) is 17.2. The number of hydrogen-bond donors (Lipinski definition) is 3. The number of pyridine rings is 1. The van der Waals surface area contributed by atoms with Crippen LogP contribution in [0.2, 0.25) is 0 Å². The molecule has 310 valence electrons. The van der Waals surface area contributed by atoms with Gasteiger partial charge in [-0.15, -0.1) is 0 Å². The number of piperazine rings is 1. The molecule has 1 atom stereocenters. The van der Waals surface area contributed by atoms with E-state index in [1.807, 2.05) is 15.8 Å². The Bertz CT molecular complexity index is 2390. The van der Waals surface area contributed by atoms with Gasteiger partial charge < -0.3 is 20.2 Å². The minimum atomic E-state index is -4.72. The number of imide groups is 1. The molecule has 3 saturated carbocycles. The second kappa shape index (κ2) is 13.5. The summed E-state index contributed by atoms with van der Waals surface area (Å²) in [6.07, 6.45) is -0.216. The van der Waals surface area contributed by atoms with Gasteiger partial charge in [0, 0.05) is 85.3 Å². The van der Waals surface area contributed by atoms with Gasteiger partial charge in [-0.2, -0.15) is 18.3 Å². The van der Waals surface area contributed by atoms with E-state index in [2.05, 4.69) is 20.5 Å². The van der Waals surface area contributed by atoms with Crippen LogP contribution in [0.1, 0.15) is 79.2 Å². The molecule has 5 heterocycles. The fourth-order valence-electron chi connectivity index (χ4n) is 9.65. The summed E-state index contributed by atoms with van der Waals surface area (Å²) >= 11 is 0. The van der Waals surface area contributed by atoms with Gasteiger partial charge in [-0.1, -0.05) is 6.07 Å². The molecule has 4 aromatic rings. The smallest absolute Gasteiger partial charge is 0.386 e. The summed E-state index contributed by atoms with van der Waals surface area (Å²) in [5, 5.41) is 21.3. The number of benzene rings is 2. The summed E-state index contributed by atoms with van der Waals surface area (Å²) < 4.78 is 71.9. The standard InChI is InChI=1S/C41H41F5N8O5/c1-38(2,59)26-15-30-22(12-31(26)48-36(57)29-4-3-5-32(47-29)41(44,45)46)18-54(50-30)40-19-39(20-40,21-40)53-10-8-51(9-11-53)37(58)23-16-52(17-23)24-13-27(42)34(28(43)14-24)25-6-7-33(55)49-35(25)56/h3-5,12-15,18,23,25,59H,6-11,16-17,19-21H2,1-2H3,(H,48,57)(H,49,55,56)/t25-,39?,40?/m1/s1. The SMILES string of the molecule is CC(C)(O)c1cc2nn(C34CC(N5CCN(C(=O)C6CN(c7cc(F)c([C@H]8CCC(=O)NC8=O)c(F)c7)C6)CC5)(C3)C4)cc2cc1NC(=O)c1cccc(C(F)(F)F)n1. The quantitative estimate of drug-likeness (QED) is 0.171. The number of alkyl halides is 3. The van der Waals surface area contributed by atoms with Crippen LogP contribution >= 0.6 is 0 Å². The van der Waals surface area contributed by atoms with Crippen molar-refractivity contribution in [2.75, 3.05) is 49.5 Å². The molecule has 0 spiro atoms. The molecule has 0 unspecified atom stereocenters. The second-order valence-corrected chi connectivity index (χ2v) is 17.2. The lowest BCUT2D eigenvalue weighted by Crippen LogP contribution is -2.80. The largest absolute Gasteiger partial charge is 0.433 e. The van der Waals surface area contributed by atoms with Crippen LogP contribution in [0.25, 0.3) is 10.9 Å². The molecule has 4 amide bonds. The average molecular weight is 821 g/mol. The van der Waals surface area contributed by atoms with E-state index in [-0.39, 0.29) is 47.0 Å². The molecule has 3 saturated heterocycles. The third-order valence-electron chi connectivity index (χ3n) is 12.8. The number of nitrogens with one attached hydrogen (secondary N) is 2. The molecule has 2 aromatic carbocycles. The summed E-state index contributed by atoms with van der Waals surface area (Å²) in [4.78, 5) is 59.7. The van der Waals surface area contributed by atoms with E-state index >= 15 is 8.78 Å². The third-order valence-corrected chi connectivity index (χ3v) is 12.8. The highest BCUT2D eigenvalue weighted by Gasteiger charge is 2.71. The zero-order valence-corrected chi connectivity index (χ0v) is 32.2. The minimum Gasteiger partial charge on any atom is -0.386 e. The van der Waals surface area contributed by atoms with Crippen molar-refractivity contribution < 1.29 is 46.2 Å². The van der Waals surface area contributed by atoms with Gasteiger partial charge in [-0.05, 0) is 75.9 Å². The number of amides is 4. The lowest BCUT2D eigenvalue weighted by atomic mass is 9.43. The van der Waals surface area contributed by atoms with Crippen molar-refractivity contribution in [3.05, 3.63) is 82.8 Å².